The molecule has 0 aliphatic rings. The normalized spacial score (nSPS) is 12.2. The minimum absolute atomic E-state index is 0.106. The van der Waals surface area contributed by atoms with E-state index in [2.05, 4.69) is 6.58 Å². The Morgan fingerprint density at radius 2 is 2.25 bits per heavy atom. The van der Waals surface area contributed by atoms with Crippen molar-refractivity contribution in [2.75, 3.05) is 13.2 Å². The van der Waals surface area contributed by atoms with E-state index in [1.54, 1.807) is 0 Å². The van der Waals surface area contributed by atoms with E-state index in [1.165, 1.54) is 0 Å². The standard InChI is InChI=1S/C13H18O3/c1-3-5-11-6-4-7-13(10(11)2)16-9-12(15)8-14/h3-4,6-7,12,14-15H,1,5,8-9H2,2H3. The van der Waals surface area contributed by atoms with Gasteiger partial charge < -0.3 is 14.9 Å². The Kier molecular flexibility index (Phi) is 5.02. The van der Waals surface area contributed by atoms with E-state index in [0.717, 1.165) is 23.3 Å². The highest BCUT2D eigenvalue weighted by Crippen LogP contribution is 2.22. The van der Waals surface area contributed by atoms with Gasteiger partial charge in [-0.15, -0.1) is 6.58 Å². The Morgan fingerprint density at radius 1 is 1.50 bits per heavy atom. The topological polar surface area (TPSA) is 49.7 Å². The van der Waals surface area contributed by atoms with Crippen molar-refractivity contribution in [2.24, 2.45) is 0 Å². The van der Waals surface area contributed by atoms with Gasteiger partial charge in [-0.1, -0.05) is 18.2 Å². The number of benzene rings is 1. The summed E-state index contributed by atoms with van der Waals surface area (Å²) in [5.41, 5.74) is 2.21. The van der Waals surface area contributed by atoms with Crippen LogP contribution in [-0.4, -0.2) is 29.5 Å². The van der Waals surface area contributed by atoms with Crippen molar-refractivity contribution < 1.29 is 14.9 Å². The first kappa shape index (κ1) is 12.7. The second-order valence-electron chi connectivity index (χ2n) is 3.68. The minimum Gasteiger partial charge on any atom is -0.491 e. The Balaban J connectivity index is 2.72. The van der Waals surface area contributed by atoms with Crippen LogP contribution < -0.4 is 4.74 Å². The predicted octanol–water partition coefficient (Wildman–Crippen LogP) is 1.46. The number of hydrogen-bond donors (Lipinski definition) is 2. The molecule has 0 saturated carbocycles. The van der Waals surface area contributed by atoms with Crippen molar-refractivity contribution in [2.45, 2.75) is 19.4 Å². The zero-order chi connectivity index (χ0) is 12.0. The highest BCUT2D eigenvalue weighted by molar-refractivity contribution is 5.39. The average Bonchev–Trinajstić information content (AvgIpc) is 2.30. The number of aliphatic hydroxyl groups excluding tert-OH is 2. The molecule has 1 aromatic carbocycles. The molecule has 0 aliphatic carbocycles. The molecule has 1 rings (SSSR count). The van der Waals surface area contributed by atoms with Crippen LogP contribution in [-0.2, 0) is 6.42 Å². The van der Waals surface area contributed by atoms with Gasteiger partial charge >= 0.3 is 0 Å². The lowest BCUT2D eigenvalue weighted by molar-refractivity contribution is 0.0534. The fraction of sp³-hybridized carbons (Fsp3) is 0.385. The third-order valence-corrected chi connectivity index (χ3v) is 2.40. The molecule has 0 radical (unpaired) electrons. The van der Waals surface area contributed by atoms with Gasteiger partial charge in [-0.2, -0.15) is 0 Å². The van der Waals surface area contributed by atoms with E-state index >= 15 is 0 Å². The van der Waals surface area contributed by atoms with Crippen molar-refractivity contribution in [1.82, 2.24) is 0 Å². The first-order chi connectivity index (χ1) is 7.69. The van der Waals surface area contributed by atoms with Crippen molar-refractivity contribution in [3.05, 3.63) is 42.0 Å². The van der Waals surface area contributed by atoms with Gasteiger partial charge in [0.1, 0.15) is 18.5 Å². The molecule has 0 aliphatic heterocycles. The predicted molar refractivity (Wildman–Crippen MR) is 63.7 cm³/mol. The molecule has 0 saturated heterocycles. The summed E-state index contributed by atoms with van der Waals surface area (Å²) < 4.78 is 5.43. The van der Waals surface area contributed by atoms with Crippen LogP contribution in [0.1, 0.15) is 11.1 Å². The van der Waals surface area contributed by atoms with Crippen molar-refractivity contribution >= 4 is 0 Å². The maximum Gasteiger partial charge on any atom is 0.122 e. The molecule has 0 spiro atoms. The van der Waals surface area contributed by atoms with E-state index < -0.39 is 6.10 Å². The van der Waals surface area contributed by atoms with Crippen molar-refractivity contribution in [3.8, 4) is 5.75 Å². The molecule has 3 heteroatoms. The Bertz CT molecular complexity index is 347. The molecule has 1 aromatic rings. The summed E-state index contributed by atoms with van der Waals surface area (Å²) in [4.78, 5) is 0. The van der Waals surface area contributed by atoms with Crippen LogP contribution in [0.25, 0.3) is 0 Å². The molecule has 0 aromatic heterocycles. The molecule has 88 valence electrons. The lowest BCUT2D eigenvalue weighted by atomic mass is 10.1. The molecule has 3 nitrogen and oxygen atoms in total. The Labute approximate surface area is 96.0 Å². The monoisotopic (exact) mass is 222 g/mol. The molecule has 0 bridgehead atoms. The molecule has 0 fully saturated rings. The molecule has 2 N–H and O–H groups in total. The summed E-state index contributed by atoms with van der Waals surface area (Å²) in [6.07, 6.45) is 1.81. The zero-order valence-corrected chi connectivity index (χ0v) is 9.52. The third-order valence-electron chi connectivity index (χ3n) is 2.40. The fourth-order valence-electron chi connectivity index (χ4n) is 1.43. The van der Waals surface area contributed by atoms with E-state index in [4.69, 9.17) is 9.84 Å². The summed E-state index contributed by atoms with van der Waals surface area (Å²) in [5, 5.41) is 17.9. The molecule has 16 heavy (non-hydrogen) atoms. The number of hydrogen-bond acceptors (Lipinski definition) is 3. The van der Waals surface area contributed by atoms with Crippen LogP contribution in [0.4, 0.5) is 0 Å². The van der Waals surface area contributed by atoms with Gasteiger partial charge in [0.05, 0.1) is 6.61 Å². The number of rotatable bonds is 6. The van der Waals surface area contributed by atoms with E-state index in [-0.39, 0.29) is 13.2 Å². The van der Waals surface area contributed by atoms with Gasteiger partial charge in [-0.05, 0) is 30.5 Å². The van der Waals surface area contributed by atoms with Gasteiger partial charge in [0.15, 0.2) is 0 Å². The van der Waals surface area contributed by atoms with Crippen LogP contribution >= 0.6 is 0 Å². The second kappa shape index (κ2) is 6.30. The van der Waals surface area contributed by atoms with Crippen molar-refractivity contribution in [1.29, 1.82) is 0 Å². The van der Waals surface area contributed by atoms with Crippen LogP contribution in [0.15, 0.2) is 30.9 Å². The summed E-state index contributed by atoms with van der Waals surface area (Å²) in [7, 11) is 0. The second-order valence-corrected chi connectivity index (χ2v) is 3.68. The first-order valence-electron chi connectivity index (χ1n) is 5.30. The highest BCUT2D eigenvalue weighted by atomic mass is 16.5. The van der Waals surface area contributed by atoms with Crippen LogP contribution in [0.3, 0.4) is 0 Å². The van der Waals surface area contributed by atoms with Gasteiger partial charge in [0.25, 0.3) is 0 Å². The Hall–Kier alpha value is -1.32. The quantitative estimate of drug-likeness (QED) is 0.716. The number of ether oxygens (including phenoxy) is 1. The van der Waals surface area contributed by atoms with E-state index in [1.807, 2.05) is 31.2 Å². The Morgan fingerprint density at radius 3 is 2.88 bits per heavy atom. The molecule has 0 amide bonds. The average molecular weight is 222 g/mol. The first-order valence-corrected chi connectivity index (χ1v) is 5.30. The SMILES string of the molecule is C=CCc1cccc(OCC(O)CO)c1C. The zero-order valence-electron chi connectivity index (χ0n) is 9.52. The summed E-state index contributed by atoms with van der Waals surface area (Å²) in [5.74, 6) is 0.742. The van der Waals surface area contributed by atoms with Gasteiger partial charge in [-0.3, -0.25) is 0 Å². The lowest BCUT2D eigenvalue weighted by Gasteiger charge is -2.13. The molecular weight excluding hydrogens is 204 g/mol. The van der Waals surface area contributed by atoms with Gasteiger partial charge in [0, 0.05) is 0 Å². The van der Waals surface area contributed by atoms with Crippen LogP contribution in [0.2, 0.25) is 0 Å². The van der Waals surface area contributed by atoms with Crippen LogP contribution in [0, 0.1) is 6.92 Å². The van der Waals surface area contributed by atoms with Crippen molar-refractivity contribution in [3.63, 3.8) is 0 Å². The van der Waals surface area contributed by atoms with Gasteiger partial charge in [-0.25, -0.2) is 0 Å². The molecule has 1 atom stereocenters. The fourth-order valence-corrected chi connectivity index (χ4v) is 1.43. The minimum atomic E-state index is -0.831. The highest BCUT2D eigenvalue weighted by Gasteiger charge is 2.07. The molecular formula is C13H18O3. The summed E-state index contributed by atoms with van der Waals surface area (Å²) in [6, 6.07) is 5.78. The number of allylic oxidation sites excluding steroid dienone is 1. The molecule has 0 heterocycles. The maximum absolute atomic E-state index is 9.19. The third kappa shape index (κ3) is 3.36. The van der Waals surface area contributed by atoms with E-state index in [0.29, 0.717) is 0 Å². The summed E-state index contributed by atoms with van der Waals surface area (Å²) >= 11 is 0. The number of aliphatic hydroxyl groups is 2. The van der Waals surface area contributed by atoms with E-state index in [9.17, 15) is 5.11 Å². The summed E-state index contributed by atoms with van der Waals surface area (Å²) in [6.45, 7) is 5.49. The largest absolute Gasteiger partial charge is 0.491 e. The molecule has 1 unspecified atom stereocenters. The smallest absolute Gasteiger partial charge is 0.122 e. The lowest BCUT2D eigenvalue weighted by Crippen LogP contribution is -2.21. The van der Waals surface area contributed by atoms with Gasteiger partial charge in [0.2, 0.25) is 0 Å². The van der Waals surface area contributed by atoms with Crippen LogP contribution in [0.5, 0.6) is 5.75 Å². The maximum atomic E-state index is 9.19.